The number of allylic oxidation sites excluding steroid dienone is 1. The summed E-state index contributed by atoms with van der Waals surface area (Å²) in [6.45, 7) is 6.18. The van der Waals surface area contributed by atoms with Crippen LogP contribution < -0.4 is 0 Å². The molecule has 0 aliphatic rings. The smallest absolute Gasteiger partial charge is 0.354 e. The SMILES string of the molecule is C=CCn1cc(C)cc1C(=O)OC. The predicted molar refractivity (Wildman–Crippen MR) is 50.7 cm³/mol. The summed E-state index contributed by atoms with van der Waals surface area (Å²) < 4.78 is 6.46. The Labute approximate surface area is 77.6 Å². The van der Waals surface area contributed by atoms with Crippen molar-refractivity contribution in [3.63, 3.8) is 0 Å². The summed E-state index contributed by atoms with van der Waals surface area (Å²) in [4.78, 5) is 11.2. The topological polar surface area (TPSA) is 31.2 Å². The maximum absolute atomic E-state index is 11.2. The van der Waals surface area contributed by atoms with Gasteiger partial charge in [0, 0.05) is 12.7 Å². The van der Waals surface area contributed by atoms with Crippen molar-refractivity contribution in [2.24, 2.45) is 0 Å². The Bertz CT molecular complexity index is 326. The van der Waals surface area contributed by atoms with Gasteiger partial charge in [-0.3, -0.25) is 0 Å². The highest BCUT2D eigenvalue weighted by atomic mass is 16.5. The van der Waals surface area contributed by atoms with Crippen molar-refractivity contribution < 1.29 is 9.53 Å². The van der Waals surface area contributed by atoms with Gasteiger partial charge in [0.25, 0.3) is 0 Å². The van der Waals surface area contributed by atoms with Crippen molar-refractivity contribution in [2.75, 3.05) is 7.11 Å². The number of rotatable bonds is 3. The number of hydrogen-bond donors (Lipinski definition) is 0. The molecule has 3 heteroatoms. The number of carbonyl (C=O) groups excluding carboxylic acids is 1. The van der Waals surface area contributed by atoms with Crippen molar-refractivity contribution in [3.8, 4) is 0 Å². The van der Waals surface area contributed by atoms with Crippen LogP contribution in [0, 0.1) is 6.92 Å². The summed E-state index contributed by atoms with van der Waals surface area (Å²) in [5, 5.41) is 0. The quantitative estimate of drug-likeness (QED) is 0.523. The molecular weight excluding hydrogens is 166 g/mol. The minimum absolute atomic E-state index is 0.310. The van der Waals surface area contributed by atoms with Crippen LogP contribution in [0.2, 0.25) is 0 Å². The van der Waals surface area contributed by atoms with E-state index in [1.165, 1.54) is 7.11 Å². The van der Waals surface area contributed by atoms with E-state index in [1.807, 2.05) is 17.7 Å². The fourth-order valence-electron chi connectivity index (χ4n) is 1.22. The molecule has 0 bridgehead atoms. The van der Waals surface area contributed by atoms with Crippen LogP contribution in [0.1, 0.15) is 16.1 Å². The Balaban J connectivity index is 3.03. The van der Waals surface area contributed by atoms with Gasteiger partial charge >= 0.3 is 5.97 Å². The molecule has 0 aromatic carbocycles. The van der Waals surface area contributed by atoms with Gasteiger partial charge in [-0.1, -0.05) is 6.08 Å². The number of aromatic nitrogens is 1. The van der Waals surface area contributed by atoms with Crippen molar-refractivity contribution in [3.05, 3.63) is 36.2 Å². The number of ether oxygens (including phenoxy) is 1. The summed E-state index contributed by atoms with van der Waals surface area (Å²) >= 11 is 0. The number of esters is 1. The van der Waals surface area contributed by atoms with Gasteiger partial charge in [0.15, 0.2) is 0 Å². The molecule has 1 rings (SSSR count). The van der Waals surface area contributed by atoms with Gasteiger partial charge in [-0.2, -0.15) is 0 Å². The van der Waals surface area contributed by atoms with E-state index in [1.54, 1.807) is 12.1 Å². The number of methoxy groups -OCH3 is 1. The van der Waals surface area contributed by atoms with E-state index in [2.05, 4.69) is 11.3 Å². The second kappa shape index (κ2) is 3.94. The van der Waals surface area contributed by atoms with E-state index in [0.717, 1.165) is 5.56 Å². The summed E-state index contributed by atoms with van der Waals surface area (Å²) in [6, 6.07) is 1.80. The molecule has 0 saturated heterocycles. The maximum atomic E-state index is 11.2. The zero-order valence-corrected chi connectivity index (χ0v) is 7.91. The second-order valence-corrected chi connectivity index (χ2v) is 2.84. The van der Waals surface area contributed by atoms with Crippen molar-refractivity contribution >= 4 is 5.97 Å². The fourth-order valence-corrected chi connectivity index (χ4v) is 1.22. The van der Waals surface area contributed by atoms with Crippen LogP contribution in [0.5, 0.6) is 0 Å². The second-order valence-electron chi connectivity index (χ2n) is 2.84. The maximum Gasteiger partial charge on any atom is 0.354 e. The molecule has 0 saturated carbocycles. The average molecular weight is 179 g/mol. The zero-order chi connectivity index (χ0) is 9.84. The highest BCUT2D eigenvalue weighted by Crippen LogP contribution is 2.08. The van der Waals surface area contributed by atoms with E-state index >= 15 is 0 Å². The first-order valence-electron chi connectivity index (χ1n) is 4.05. The third-order valence-corrected chi connectivity index (χ3v) is 1.75. The van der Waals surface area contributed by atoms with Crippen LogP contribution >= 0.6 is 0 Å². The lowest BCUT2D eigenvalue weighted by molar-refractivity contribution is 0.0589. The van der Waals surface area contributed by atoms with Gasteiger partial charge in [-0.25, -0.2) is 4.79 Å². The molecule has 1 heterocycles. The standard InChI is InChI=1S/C10H13NO2/c1-4-5-11-7-8(2)6-9(11)10(12)13-3/h4,6-7H,1,5H2,2-3H3. The van der Waals surface area contributed by atoms with Crippen molar-refractivity contribution in [1.82, 2.24) is 4.57 Å². The number of aryl methyl sites for hydroxylation is 1. The third kappa shape index (κ3) is 1.99. The Morgan fingerprint density at radius 1 is 1.77 bits per heavy atom. The van der Waals surface area contributed by atoms with E-state index in [-0.39, 0.29) is 5.97 Å². The lowest BCUT2D eigenvalue weighted by Gasteiger charge is -2.03. The first-order chi connectivity index (χ1) is 6.19. The first kappa shape index (κ1) is 9.58. The molecule has 0 unspecified atom stereocenters. The summed E-state index contributed by atoms with van der Waals surface area (Å²) in [6.07, 6.45) is 3.64. The van der Waals surface area contributed by atoms with Crippen LogP contribution in [0.3, 0.4) is 0 Å². The van der Waals surface area contributed by atoms with E-state index in [4.69, 9.17) is 0 Å². The molecule has 13 heavy (non-hydrogen) atoms. The normalized spacial score (nSPS) is 9.69. The number of hydrogen-bond acceptors (Lipinski definition) is 2. The number of carbonyl (C=O) groups is 1. The van der Waals surface area contributed by atoms with Gasteiger partial charge in [0.05, 0.1) is 7.11 Å². The lowest BCUT2D eigenvalue weighted by atomic mass is 10.3. The van der Waals surface area contributed by atoms with E-state index in [0.29, 0.717) is 12.2 Å². The number of nitrogens with zero attached hydrogens (tertiary/aromatic N) is 1. The molecule has 0 aliphatic carbocycles. The molecule has 0 spiro atoms. The molecule has 3 nitrogen and oxygen atoms in total. The van der Waals surface area contributed by atoms with Crippen LogP contribution in [0.15, 0.2) is 24.9 Å². The molecule has 0 radical (unpaired) electrons. The third-order valence-electron chi connectivity index (χ3n) is 1.75. The van der Waals surface area contributed by atoms with Gasteiger partial charge in [-0.05, 0) is 18.6 Å². The highest BCUT2D eigenvalue weighted by molar-refractivity contribution is 5.87. The highest BCUT2D eigenvalue weighted by Gasteiger charge is 2.11. The minimum Gasteiger partial charge on any atom is -0.464 e. The van der Waals surface area contributed by atoms with Gasteiger partial charge in [-0.15, -0.1) is 6.58 Å². The summed E-state index contributed by atoms with van der Waals surface area (Å²) in [5.74, 6) is -0.310. The minimum atomic E-state index is -0.310. The van der Waals surface area contributed by atoms with Crippen LogP contribution in [0.4, 0.5) is 0 Å². The Morgan fingerprint density at radius 2 is 2.46 bits per heavy atom. The monoisotopic (exact) mass is 179 g/mol. The molecule has 1 aromatic rings. The Kier molecular flexibility index (Phi) is 2.90. The molecule has 0 fully saturated rings. The van der Waals surface area contributed by atoms with Gasteiger partial charge in [0.2, 0.25) is 0 Å². The molecule has 0 aliphatic heterocycles. The summed E-state index contributed by atoms with van der Waals surface area (Å²) in [5.41, 5.74) is 1.61. The molecular formula is C10H13NO2. The molecule has 0 atom stereocenters. The zero-order valence-electron chi connectivity index (χ0n) is 7.91. The Morgan fingerprint density at radius 3 is 3.00 bits per heavy atom. The van der Waals surface area contributed by atoms with E-state index < -0.39 is 0 Å². The van der Waals surface area contributed by atoms with Crippen LogP contribution in [-0.2, 0) is 11.3 Å². The van der Waals surface area contributed by atoms with Crippen LogP contribution in [-0.4, -0.2) is 17.6 Å². The summed E-state index contributed by atoms with van der Waals surface area (Å²) in [7, 11) is 1.38. The first-order valence-corrected chi connectivity index (χ1v) is 4.05. The predicted octanol–water partition coefficient (Wildman–Crippen LogP) is 1.77. The van der Waals surface area contributed by atoms with Gasteiger partial charge in [0.1, 0.15) is 5.69 Å². The molecule has 0 N–H and O–H groups in total. The lowest BCUT2D eigenvalue weighted by Crippen LogP contribution is -2.08. The fraction of sp³-hybridized carbons (Fsp3) is 0.300. The average Bonchev–Trinajstić information content (AvgIpc) is 2.46. The van der Waals surface area contributed by atoms with Crippen molar-refractivity contribution in [1.29, 1.82) is 0 Å². The Hall–Kier alpha value is -1.51. The van der Waals surface area contributed by atoms with Crippen LogP contribution in [0.25, 0.3) is 0 Å². The van der Waals surface area contributed by atoms with Gasteiger partial charge < -0.3 is 9.30 Å². The molecule has 70 valence electrons. The van der Waals surface area contributed by atoms with Crippen molar-refractivity contribution in [2.45, 2.75) is 13.5 Å². The molecule has 1 aromatic heterocycles. The largest absolute Gasteiger partial charge is 0.464 e. The molecule has 0 amide bonds. The van der Waals surface area contributed by atoms with E-state index in [9.17, 15) is 4.79 Å².